The monoisotopic (exact) mass is 293 g/mol. The van der Waals surface area contributed by atoms with E-state index in [0.29, 0.717) is 6.07 Å². The van der Waals surface area contributed by atoms with Crippen LogP contribution in [0.3, 0.4) is 0 Å². The molecule has 3 N–H and O–H groups in total. The van der Waals surface area contributed by atoms with Crippen molar-refractivity contribution in [2.24, 2.45) is 0 Å². The van der Waals surface area contributed by atoms with Crippen LogP contribution in [0.2, 0.25) is 0 Å². The standard InChI is InChI=1S/C13H9F2N3O3/c14-8-3-7(4-10(5-8)18(20)21)13(19)17-9-1-2-11(15)12(16)6-9/h1-6H,16H2,(H,17,19). The number of hydrogen-bond acceptors (Lipinski definition) is 4. The lowest BCUT2D eigenvalue weighted by atomic mass is 10.1. The molecule has 0 radical (unpaired) electrons. The zero-order chi connectivity index (χ0) is 15.6. The molecule has 2 aromatic carbocycles. The summed E-state index contributed by atoms with van der Waals surface area (Å²) in [4.78, 5) is 21.7. The number of benzene rings is 2. The quantitative estimate of drug-likeness (QED) is 0.516. The molecule has 0 fully saturated rings. The molecular formula is C13H9F2N3O3. The molecule has 0 aromatic heterocycles. The minimum atomic E-state index is -0.909. The molecule has 21 heavy (non-hydrogen) atoms. The van der Waals surface area contributed by atoms with E-state index in [-0.39, 0.29) is 16.9 Å². The van der Waals surface area contributed by atoms with Crippen LogP contribution < -0.4 is 11.1 Å². The topological polar surface area (TPSA) is 98.3 Å². The summed E-state index contributed by atoms with van der Waals surface area (Å²) in [5, 5.41) is 13.0. The highest BCUT2D eigenvalue weighted by molar-refractivity contribution is 6.04. The lowest BCUT2D eigenvalue weighted by Crippen LogP contribution is -2.13. The maximum atomic E-state index is 13.3. The highest BCUT2D eigenvalue weighted by atomic mass is 19.1. The van der Waals surface area contributed by atoms with Crippen LogP contribution in [-0.2, 0) is 0 Å². The number of nitrogens with zero attached hydrogens (tertiary/aromatic N) is 1. The fourth-order valence-corrected chi connectivity index (χ4v) is 1.64. The van der Waals surface area contributed by atoms with Gasteiger partial charge in [-0.3, -0.25) is 14.9 Å². The van der Waals surface area contributed by atoms with Crippen molar-refractivity contribution in [3.63, 3.8) is 0 Å². The maximum Gasteiger partial charge on any atom is 0.273 e. The Morgan fingerprint density at radius 1 is 1.19 bits per heavy atom. The number of non-ortho nitro benzene ring substituents is 1. The van der Waals surface area contributed by atoms with Gasteiger partial charge in [0.1, 0.15) is 11.6 Å². The van der Waals surface area contributed by atoms with E-state index in [0.717, 1.165) is 18.2 Å². The summed E-state index contributed by atoms with van der Waals surface area (Å²) < 4.78 is 26.2. The van der Waals surface area contributed by atoms with Crippen molar-refractivity contribution in [2.45, 2.75) is 0 Å². The molecule has 6 nitrogen and oxygen atoms in total. The van der Waals surface area contributed by atoms with Gasteiger partial charge in [-0.1, -0.05) is 0 Å². The van der Waals surface area contributed by atoms with Crippen LogP contribution in [0.5, 0.6) is 0 Å². The third-order valence-corrected chi connectivity index (χ3v) is 2.61. The molecular weight excluding hydrogens is 284 g/mol. The van der Waals surface area contributed by atoms with Crippen molar-refractivity contribution in [3.8, 4) is 0 Å². The fraction of sp³-hybridized carbons (Fsp3) is 0. The first-order valence-electron chi connectivity index (χ1n) is 5.68. The summed E-state index contributed by atoms with van der Waals surface area (Å²) in [6.07, 6.45) is 0. The summed E-state index contributed by atoms with van der Waals surface area (Å²) >= 11 is 0. The Morgan fingerprint density at radius 2 is 1.90 bits per heavy atom. The zero-order valence-electron chi connectivity index (χ0n) is 10.5. The lowest BCUT2D eigenvalue weighted by molar-refractivity contribution is -0.385. The molecule has 0 saturated heterocycles. The minimum absolute atomic E-state index is 0.168. The fourth-order valence-electron chi connectivity index (χ4n) is 1.64. The van der Waals surface area contributed by atoms with Crippen molar-refractivity contribution in [1.82, 2.24) is 0 Å². The van der Waals surface area contributed by atoms with Crippen molar-refractivity contribution < 1.29 is 18.5 Å². The average molecular weight is 293 g/mol. The van der Waals surface area contributed by atoms with Gasteiger partial charge in [0.05, 0.1) is 16.7 Å². The molecule has 2 rings (SSSR count). The number of nitro groups is 1. The van der Waals surface area contributed by atoms with E-state index in [1.54, 1.807) is 0 Å². The third kappa shape index (κ3) is 3.30. The molecule has 2 aromatic rings. The number of rotatable bonds is 3. The molecule has 108 valence electrons. The minimum Gasteiger partial charge on any atom is -0.396 e. The number of nitrogens with one attached hydrogen (secondary N) is 1. The van der Waals surface area contributed by atoms with Gasteiger partial charge in [0.15, 0.2) is 0 Å². The highest BCUT2D eigenvalue weighted by Crippen LogP contribution is 2.20. The van der Waals surface area contributed by atoms with Crippen molar-refractivity contribution in [2.75, 3.05) is 11.1 Å². The molecule has 1 amide bonds. The first-order chi connectivity index (χ1) is 9.86. The Morgan fingerprint density at radius 3 is 2.52 bits per heavy atom. The van der Waals surface area contributed by atoms with Crippen LogP contribution in [0.15, 0.2) is 36.4 Å². The van der Waals surface area contributed by atoms with Crippen molar-refractivity contribution in [1.29, 1.82) is 0 Å². The second kappa shape index (κ2) is 5.53. The van der Waals surface area contributed by atoms with Gasteiger partial charge in [0.25, 0.3) is 11.6 Å². The van der Waals surface area contributed by atoms with E-state index in [2.05, 4.69) is 5.32 Å². The van der Waals surface area contributed by atoms with Gasteiger partial charge in [-0.15, -0.1) is 0 Å². The van der Waals surface area contributed by atoms with E-state index in [9.17, 15) is 23.7 Å². The number of carbonyl (C=O) groups excluding carboxylic acids is 1. The van der Waals surface area contributed by atoms with Crippen LogP contribution in [0, 0.1) is 21.7 Å². The predicted molar refractivity (Wildman–Crippen MR) is 71.8 cm³/mol. The Kier molecular flexibility index (Phi) is 3.79. The second-order valence-corrected chi connectivity index (χ2v) is 4.15. The Balaban J connectivity index is 2.27. The van der Waals surface area contributed by atoms with Gasteiger partial charge in [-0.2, -0.15) is 0 Å². The molecule has 0 heterocycles. The van der Waals surface area contributed by atoms with E-state index in [4.69, 9.17) is 5.73 Å². The summed E-state index contributed by atoms with van der Waals surface area (Å²) in [6.45, 7) is 0. The number of amides is 1. The Bertz CT molecular complexity index is 735. The van der Waals surface area contributed by atoms with Gasteiger partial charge in [-0.25, -0.2) is 8.78 Å². The summed E-state index contributed by atoms with van der Waals surface area (Å²) in [5.41, 5.74) is 4.59. The van der Waals surface area contributed by atoms with Crippen LogP contribution in [-0.4, -0.2) is 10.8 Å². The number of carbonyl (C=O) groups is 1. The third-order valence-electron chi connectivity index (χ3n) is 2.61. The maximum absolute atomic E-state index is 13.3. The number of nitrogen functional groups attached to an aromatic ring is 1. The molecule has 0 spiro atoms. The van der Waals surface area contributed by atoms with Crippen molar-refractivity contribution in [3.05, 3.63) is 63.7 Å². The van der Waals surface area contributed by atoms with E-state index in [1.165, 1.54) is 12.1 Å². The normalized spacial score (nSPS) is 10.2. The largest absolute Gasteiger partial charge is 0.396 e. The lowest BCUT2D eigenvalue weighted by Gasteiger charge is -2.06. The molecule has 0 unspecified atom stereocenters. The Hall–Kier alpha value is -3.03. The summed E-state index contributed by atoms with van der Waals surface area (Å²) in [6, 6.07) is 5.99. The van der Waals surface area contributed by atoms with Crippen LogP contribution in [0.4, 0.5) is 25.8 Å². The first kappa shape index (κ1) is 14.4. The Labute approximate surface area is 117 Å². The van der Waals surface area contributed by atoms with E-state index in [1.807, 2.05) is 0 Å². The van der Waals surface area contributed by atoms with Gasteiger partial charge >= 0.3 is 0 Å². The number of nitro benzene ring substituents is 1. The van der Waals surface area contributed by atoms with Gasteiger partial charge < -0.3 is 11.1 Å². The van der Waals surface area contributed by atoms with E-state index >= 15 is 0 Å². The van der Waals surface area contributed by atoms with Crippen LogP contribution in [0.1, 0.15) is 10.4 Å². The summed E-state index contributed by atoms with van der Waals surface area (Å²) in [5.74, 6) is -2.33. The van der Waals surface area contributed by atoms with Crippen LogP contribution in [0.25, 0.3) is 0 Å². The number of anilines is 2. The molecule has 0 aliphatic heterocycles. The highest BCUT2D eigenvalue weighted by Gasteiger charge is 2.15. The zero-order valence-corrected chi connectivity index (χ0v) is 10.5. The van der Waals surface area contributed by atoms with Crippen molar-refractivity contribution >= 4 is 23.0 Å². The SMILES string of the molecule is Nc1cc(NC(=O)c2cc(F)cc([N+](=O)[O-])c2)ccc1F. The molecule has 8 heteroatoms. The molecule has 0 aliphatic carbocycles. The summed E-state index contributed by atoms with van der Waals surface area (Å²) in [7, 11) is 0. The second-order valence-electron chi connectivity index (χ2n) is 4.15. The molecule has 0 atom stereocenters. The predicted octanol–water partition coefficient (Wildman–Crippen LogP) is 2.71. The van der Waals surface area contributed by atoms with Crippen LogP contribution >= 0.6 is 0 Å². The number of nitrogens with two attached hydrogens (primary N) is 1. The molecule has 0 aliphatic rings. The molecule has 0 bridgehead atoms. The number of hydrogen-bond donors (Lipinski definition) is 2. The van der Waals surface area contributed by atoms with Gasteiger partial charge in [0.2, 0.25) is 0 Å². The van der Waals surface area contributed by atoms with E-state index < -0.39 is 28.2 Å². The van der Waals surface area contributed by atoms with Gasteiger partial charge in [0, 0.05) is 17.3 Å². The van der Waals surface area contributed by atoms with Gasteiger partial charge in [-0.05, 0) is 24.3 Å². The first-order valence-corrected chi connectivity index (χ1v) is 5.68. The smallest absolute Gasteiger partial charge is 0.273 e. The molecule has 0 saturated carbocycles. The number of halogens is 2. The average Bonchev–Trinajstić information content (AvgIpc) is 2.42.